The monoisotopic (exact) mass is 772 g/mol. The number of carbonyl (C=O) groups excluding carboxylic acids is 2. The fourth-order valence-corrected chi connectivity index (χ4v) is 8.31. The highest BCUT2D eigenvalue weighted by Crippen LogP contribution is 2.44. The molecule has 0 saturated heterocycles. The number of aryl methyl sites for hydroxylation is 2. The zero-order valence-corrected chi connectivity index (χ0v) is 34.0. The molecule has 0 spiro atoms. The number of hydrogen-bond donors (Lipinski definition) is 0. The first-order chi connectivity index (χ1) is 28.4. The van der Waals surface area contributed by atoms with Gasteiger partial charge >= 0.3 is 12.1 Å². The molecule has 0 bridgehead atoms. The van der Waals surface area contributed by atoms with Crippen LogP contribution in [0.2, 0.25) is 0 Å². The van der Waals surface area contributed by atoms with Gasteiger partial charge in [-0.1, -0.05) is 147 Å². The molecule has 4 heterocycles. The van der Waals surface area contributed by atoms with E-state index in [1.165, 1.54) is 21.3 Å². The van der Waals surface area contributed by atoms with Gasteiger partial charge in [0.05, 0.1) is 36.6 Å². The van der Waals surface area contributed by atoms with Crippen molar-refractivity contribution < 1.29 is 19.3 Å². The van der Waals surface area contributed by atoms with Gasteiger partial charge in [0.25, 0.3) is 0 Å². The Labute approximate surface area is 342 Å². The Morgan fingerprint density at radius 2 is 0.914 bits per heavy atom. The lowest BCUT2D eigenvalue weighted by Gasteiger charge is -2.31. The zero-order valence-electron chi connectivity index (χ0n) is 34.0. The van der Waals surface area contributed by atoms with Crippen LogP contribution in [0.1, 0.15) is 87.7 Å². The summed E-state index contributed by atoms with van der Waals surface area (Å²) in [5.74, 6) is 13.6. The normalized spacial score (nSPS) is 18.0. The van der Waals surface area contributed by atoms with Gasteiger partial charge in [0.15, 0.2) is 11.1 Å². The van der Waals surface area contributed by atoms with Gasteiger partial charge in [0.1, 0.15) is 0 Å². The van der Waals surface area contributed by atoms with Gasteiger partial charge in [-0.3, -0.25) is 18.8 Å². The van der Waals surface area contributed by atoms with Crippen LogP contribution in [0.3, 0.4) is 0 Å². The number of unbranched alkanes of at least 4 members (excludes halogenated alkanes) is 2. The van der Waals surface area contributed by atoms with E-state index in [9.17, 15) is 9.59 Å². The van der Waals surface area contributed by atoms with Gasteiger partial charge < -0.3 is 0 Å². The first-order valence-electron chi connectivity index (χ1n) is 20.5. The molecule has 8 rings (SSSR count). The topological polar surface area (TPSA) is 68.9 Å². The fourth-order valence-electron chi connectivity index (χ4n) is 8.31. The first kappa shape index (κ1) is 40.1. The highest BCUT2D eigenvalue weighted by Gasteiger charge is 2.52. The molecule has 0 saturated carbocycles. The van der Waals surface area contributed by atoms with E-state index >= 15 is 0 Å². The van der Waals surface area contributed by atoms with Crippen molar-refractivity contribution in [2.45, 2.75) is 89.1 Å². The number of fused-ring (bicyclic) bond motifs is 6. The average Bonchev–Trinajstić information content (AvgIpc) is 3.97. The summed E-state index contributed by atoms with van der Waals surface area (Å²) in [6.07, 6.45) is 8.73. The Morgan fingerprint density at radius 3 is 1.29 bits per heavy atom. The van der Waals surface area contributed by atoms with E-state index in [4.69, 9.17) is 9.68 Å². The van der Waals surface area contributed by atoms with Gasteiger partial charge in [0.2, 0.25) is 0 Å². The predicted octanol–water partition coefficient (Wildman–Crippen LogP) is 11.0. The number of rotatable bonds is 12. The Kier molecular flexibility index (Phi) is 12.5. The molecular formula is C50H52N4O4. The van der Waals surface area contributed by atoms with Gasteiger partial charge in [-0.25, -0.2) is 9.59 Å². The summed E-state index contributed by atoms with van der Waals surface area (Å²) >= 11 is 0. The highest BCUT2D eigenvalue weighted by atomic mass is 16.7. The van der Waals surface area contributed by atoms with Gasteiger partial charge in [-0.05, 0) is 73.9 Å². The lowest BCUT2D eigenvalue weighted by atomic mass is 9.89. The molecule has 8 heteroatoms. The van der Waals surface area contributed by atoms with E-state index in [-0.39, 0.29) is 12.1 Å². The maximum absolute atomic E-state index is 13.2. The molecule has 296 valence electrons. The van der Waals surface area contributed by atoms with E-state index in [1.54, 1.807) is 23.4 Å². The van der Waals surface area contributed by atoms with Crippen LogP contribution >= 0.6 is 0 Å². The summed E-state index contributed by atoms with van der Waals surface area (Å²) in [4.78, 5) is 37.7. The molecule has 2 aliphatic heterocycles. The van der Waals surface area contributed by atoms with Crippen LogP contribution in [0.4, 0.5) is 9.59 Å². The number of amides is 2. The van der Waals surface area contributed by atoms with E-state index in [1.807, 2.05) is 84.9 Å². The van der Waals surface area contributed by atoms with Gasteiger partial charge in [-0.2, -0.15) is 10.1 Å². The summed E-state index contributed by atoms with van der Waals surface area (Å²) in [6, 6.07) is 40.5. The molecule has 2 unspecified atom stereocenters. The smallest absolute Gasteiger partial charge is 0.271 e. The number of hydrogen-bond acceptors (Lipinski definition) is 4. The molecule has 0 radical (unpaired) electrons. The second-order valence-electron chi connectivity index (χ2n) is 14.9. The van der Waals surface area contributed by atoms with Crippen molar-refractivity contribution in [1.29, 1.82) is 0 Å². The molecule has 8 nitrogen and oxygen atoms in total. The quantitative estimate of drug-likeness (QED) is 0.116. The summed E-state index contributed by atoms with van der Waals surface area (Å²) in [5, 5.41) is 5.05. The summed E-state index contributed by atoms with van der Waals surface area (Å²) < 4.78 is 3.53. The van der Waals surface area contributed by atoms with Crippen LogP contribution < -0.4 is 0 Å². The molecule has 2 aliphatic rings. The summed E-state index contributed by atoms with van der Waals surface area (Å²) in [6.45, 7) is 4.31. The maximum Gasteiger partial charge on any atom is 0.354 e. The maximum atomic E-state index is 13.2. The third kappa shape index (κ3) is 7.54. The van der Waals surface area contributed by atoms with Gasteiger partial charge in [0, 0.05) is 23.6 Å². The molecular weight excluding hydrogens is 721 g/mol. The van der Waals surface area contributed by atoms with Crippen molar-refractivity contribution >= 4 is 33.9 Å². The van der Waals surface area contributed by atoms with E-state index < -0.39 is 11.1 Å². The van der Waals surface area contributed by atoms with Crippen LogP contribution in [0.25, 0.3) is 21.8 Å². The van der Waals surface area contributed by atoms with Crippen molar-refractivity contribution in [3.8, 4) is 23.7 Å². The first-order valence-corrected chi connectivity index (χ1v) is 20.5. The molecule has 2 aromatic heterocycles. The number of para-hydroxylation sites is 2. The second kappa shape index (κ2) is 18.0. The van der Waals surface area contributed by atoms with Crippen molar-refractivity contribution in [1.82, 2.24) is 19.3 Å². The molecule has 2 atom stereocenters. The van der Waals surface area contributed by atoms with Crippen molar-refractivity contribution in [3.63, 3.8) is 0 Å². The van der Waals surface area contributed by atoms with Crippen molar-refractivity contribution in [2.24, 2.45) is 0 Å². The van der Waals surface area contributed by atoms with Crippen LogP contribution in [-0.2, 0) is 33.6 Å². The summed E-state index contributed by atoms with van der Waals surface area (Å²) in [7, 11) is 3.11. The van der Waals surface area contributed by atoms with E-state index in [0.29, 0.717) is 0 Å². The lowest BCUT2D eigenvalue weighted by molar-refractivity contribution is -0.134. The fraction of sp³-hybridized carbons (Fsp3) is 0.320. The zero-order chi connectivity index (χ0) is 40.5. The average molecular weight is 773 g/mol. The largest absolute Gasteiger partial charge is 0.354 e. The molecule has 0 fully saturated rings. The minimum Gasteiger partial charge on any atom is -0.271 e. The second-order valence-corrected chi connectivity index (χ2v) is 14.9. The summed E-state index contributed by atoms with van der Waals surface area (Å²) in [5.41, 5.74) is 4.65. The third-order valence-corrected chi connectivity index (χ3v) is 11.2. The number of aromatic nitrogens is 2. The standard InChI is InChI=1S/2C25H26N2O2/c2*1-3-4-17-25(18-11-10-14-20-12-6-5-7-13-20)23-19-21-15-8-9-16-22(21)26(23)24(28)27(25)29-2/h2*5-9,12-13,15-16,19H,3-4,10,14,17H2,1-2H3. The minimum absolute atomic E-state index is 0.169. The highest BCUT2D eigenvalue weighted by molar-refractivity contribution is 5.97. The number of carbonyl (C=O) groups is 2. The van der Waals surface area contributed by atoms with Gasteiger partial charge in [-0.15, -0.1) is 0 Å². The molecule has 2 amide bonds. The molecule has 58 heavy (non-hydrogen) atoms. The SMILES string of the molecule is CCCCC1(C#CCCc2ccccc2)c2cc3ccccc3n2C(=O)N1OC.CCCCC1(C#CCCc2ccccc2)c2cc3ccccc3n2C(=O)N1OC. The predicted molar refractivity (Wildman–Crippen MR) is 231 cm³/mol. The number of nitrogens with zero attached hydrogens (tertiary/aromatic N) is 4. The van der Waals surface area contributed by atoms with Crippen LogP contribution in [0, 0.1) is 23.7 Å². The Hall–Kier alpha value is -6.06. The minimum atomic E-state index is -0.752. The van der Waals surface area contributed by atoms with E-state index in [0.717, 1.165) is 97.4 Å². The van der Waals surface area contributed by atoms with Crippen LogP contribution in [0.5, 0.6) is 0 Å². The molecule has 0 aliphatic carbocycles. The van der Waals surface area contributed by atoms with Crippen LogP contribution in [0.15, 0.2) is 121 Å². The van der Waals surface area contributed by atoms with Crippen LogP contribution in [-0.4, -0.2) is 45.5 Å². The Balaban J connectivity index is 0.000000177. The van der Waals surface area contributed by atoms with Crippen molar-refractivity contribution in [3.05, 3.63) is 144 Å². The molecule has 6 aromatic rings. The third-order valence-electron chi connectivity index (χ3n) is 11.2. The molecule has 4 aromatic carbocycles. The molecule has 0 N–H and O–H groups in total. The Morgan fingerprint density at radius 1 is 0.534 bits per heavy atom. The van der Waals surface area contributed by atoms with Crippen molar-refractivity contribution in [2.75, 3.05) is 14.2 Å². The Bertz CT molecular complexity index is 2320. The number of hydroxylamine groups is 4. The lowest BCUT2D eigenvalue weighted by Crippen LogP contribution is -2.42. The number of benzene rings is 4. The van der Waals surface area contributed by atoms with E-state index in [2.05, 4.69) is 73.9 Å².